The minimum atomic E-state index is -0.806. The number of aliphatic hydroxyl groups excluding tert-OH is 2. The molecule has 1 aromatic rings. The number of hydrogen-bond acceptors (Lipinski definition) is 4. The lowest BCUT2D eigenvalue weighted by Crippen LogP contribution is -2.46. The Morgan fingerprint density at radius 1 is 1.17 bits per heavy atom. The van der Waals surface area contributed by atoms with E-state index in [1.807, 2.05) is 24.3 Å². The summed E-state index contributed by atoms with van der Waals surface area (Å²) in [5, 5.41) is 30.5. The van der Waals surface area contributed by atoms with Gasteiger partial charge in [0.2, 0.25) is 0 Å². The van der Waals surface area contributed by atoms with Crippen LogP contribution in [0.1, 0.15) is 44.3 Å². The highest BCUT2D eigenvalue weighted by Crippen LogP contribution is 2.35. The van der Waals surface area contributed by atoms with Gasteiger partial charge in [-0.05, 0) is 24.7 Å². The summed E-state index contributed by atoms with van der Waals surface area (Å²) in [5.74, 6) is -0.357. The number of anilines is 1. The molecule has 6 heteroatoms. The number of unbranched alkanes of at least 4 members (excludes halogenated alkanes) is 3. The molecule has 0 aromatic heterocycles. The van der Waals surface area contributed by atoms with Crippen molar-refractivity contribution in [1.82, 2.24) is 10.6 Å². The van der Waals surface area contributed by atoms with Gasteiger partial charge >= 0.3 is 0 Å². The number of hydrogen-bond donors (Lipinski definition) is 5. The first-order valence-corrected chi connectivity index (χ1v) is 8.77. The maximum Gasteiger partial charge on any atom is 0.166 e. The number of fused-ring (bicyclic) bond motifs is 1. The average Bonchev–Trinajstić information content (AvgIpc) is 2.54. The highest BCUT2D eigenvalue weighted by molar-refractivity contribution is 7.80. The van der Waals surface area contributed by atoms with E-state index in [0.717, 1.165) is 24.2 Å². The van der Waals surface area contributed by atoms with Gasteiger partial charge in [-0.1, -0.05) is 44.4 Å². The molecule has 23 heavy (non-hydrogen) atoms. The van der Waals surface area contributed by atoms with Gasteiger partial charge in [0.1, 0.15) is 6.23 Å². The molecule has 2 rings (SSSR count). The molecule has 0 saturated heterocycles. The Bertz CT molecular complexity index is 512. The van der Waals surface area contributed by atoms with Crippen molar-refractivity contribution >= 4 is 23.0 Å². The topological polar surface area (TPSA) is 76.5 Å². The van der Waals surface area contributed by atoms with Crippen LogP contribution >= 0.6 is 12.2 Å². The summed E-state index contributed by atoms with van der Waals surface area (Å²) in [7, 11) is 0. The van der Waals surface area contributed by atoms with Crippen LogP contribution in [-0.2, 0) is 0 Å². The van der Waals surface area contributed by atoms with Crippen LogP contribution in [-0.4, -0.2) is 34.6 Å². The number of benzene rings is 1. The van der Waals surface area contributed by atoms with Gasteiger partial charge in [-0.2, -0.15) is 0 Å². The standard InChI is InChI=1S/C17H27N3O2S/c1-2-3-4-7-10-18-17(23)19-11-13-15(21)12-8-5-6-9-14(12)20-16(13)22/h5-6,8-9,13,15-16,20-22H,2-4,7,10-11H2,1H3,(H2,18,19,23). The molecule has 128 valence electrons. The molecule has 1 heterocycles. The van der Waals surface area contributed by atoms with Crippen LogP contribution in [0.15, 0.2) is 24.3 Å². The Kier molecular flexibility index (Phi) is 7.08. The lowest BCUT2D eigenvalue weighted by atomic mass is 9.89. The normalized spacial score (nSPS) is 22.8. The molecule has 0 amide bonds. The van der Waals surface area contributed by atoms with Gasteiger partial charge in [0.05, 0.1) is 12.0 Å². The first-order chi connectivity index (χ1) is 11.1. The second-order valence-corrected chi connectivity index (χ2v) is 6.39. The molecule has 0 spiro atoms. The fourth-order valence-electron chi connectivity index (χ4n) is 2.81. The van der Waals surface area contributed by atoms with Gasteiger partial charge in [-0.25, -0.2) is 0 Å². The predicted octanol–water partition coefficient (Wildman–Crippen LogP) is 2.12. The summed E-state index contributed by atoms with van der Waals surface area (Å²) in [4.78, 5) is 0. The Morgan fingerprint density at radius 3 is 2.74 bits per heavy atom. The average molecular weight is 337 g/mol. The monoisotopic (exact) mass is 337 g/mol. The van der Waals surface area contributed by atoms with Crippen LogP contribution in [0.4, 0.5) is 5.69 Å². The van der Waals surface area contributed by atoms with Crippen LogP contribution < -0.4 is 16.0 Å². The molecule has 0 bridgehead atoms. The lowest BCUT2D eigenvalue weighted by Gasteiger charge is -2.35. The summed E-state index contributed by atoms with van der Waals surface area (Å²) >= 11 is 5.25. The van der Waals surface area contributed by atoms with Crippen molar-refractivity contribution in [2.24, 2.45) is 5.92 Å². The smallest absolute Gasteiger partial charge is 0.166 e. The summed E-state index contributed by atoms with van der Waals surface area (Å²) in [5.41, 5.74) is 1.59. The molecular formula is C17H27N3O2S. The summed E-state index contributed by atoms with van der Waals surface area (Å²) in [6.07, 6.45) is 3.23. The van der Waals surface area contributed by atoms with Gasteiger partial charge in [-0.15, -0.1) is 0 Å². The zero-order valence-corrected chi connectivity index (χ0v) is 14.4. The molecule has 0 saturated carbocycles. The van der Waals surface area contributed by atoms with Crippen LogP contribution in [0.5, 0.6) is 0 Å². The van der Waals surface area contributed by atoms with Crippen molar-refractivity contribution in [2.75, 3.05) is 18.4 Å². The summed E-state index contributed by atoms with van der Waals surface area (Å²) < 4.78 is 0. The van der Waals surface area contributed by atoms with E-state index in [1.165, 1.54) is 19.3 Å². The van der Waals surface area contributed by atoms with E-state index in [4.69, 9.17) is 12.2 Å². The van der Waals surface area contributed by atoms with Gasteiger partial charge in [0.25, 0.3) is 0 Å². The fraction of sp³-hybridized carbons (Fsp3) is 0.588. The van der Waals surface area contributed by atoms with Crippen LogP contribution in [0, 0.1) is 5.92 Å². The van der Waals surface area contributed by atoms with Gasteiger partial charge < -0.3 is 26.2 Å². The van der Waals surface area contributed by atoms with E-state index >= 15 is 0 Å². The number of rotatable bonds is 7. The van der Waals surface area contributed by atoms with E-state index in [1.54, 1.807) is 0 Å². The number of nitrogens with one attached hydrogen (secondary N) is 3. The second kappa shape index (κ2) is 9.05. The van der Waals surface area contributed by atoms with Crippen molar-refractivity contribution < 1.29 is 10.2 Å². The van der Waals surface area contributed by atoms with Crippen LogP contribution in [0.3, 0.4) is 0 Å². The molecule has 1 aliphatic rings. The van der Waals surface area contributed by atoms with E-state index in [9.17, 15) is 10.2 Å². The summed E-state index contributed by atoms with van der Waals surface area (Å²) in [6.45, 7) is 3.44. The van der Waals surface area contributed by atoms with E-state index < -0.39 is 12.3 Å². The zero-order valence-electron chi connectivity index (χ0n) is 13.6. The minimum Gasteiger partial charge on any atom is -0.388 e. The van der Waals surface area contributed by atoms with Gasteiger partial charge in [-0.3, -0.25) is 0 Å². The van der Waals surface area contributed by atoms with Gasteiger partial charge in [0, 0.05) is 24.3 Å². The molecular weight excluding hydrogens is 310 g/mol. The van der Waals surface area contributed by atoms with Crippen molar-refractivity contribution in [1.29, 1.82) is 0 Å². The third-order valence-electron chi connectivity index (χ3n) is 4.21. The molecule has 1 aromatic carbocycles. The maximum absolute atomic E-state index is 10.5. The van der Waals surface area contributed by atoms with Crippen LogP contribution in [0.2, 0.25) is 0 Å². The molecule has 0 radical (unpaired) electrons. The molecule has 3 atom stereocenters. The molecule has 5 nitrogen and oxygen atoms in total. The number of para-hydroxylation sites is 1. The Hall–Kier alpha value is -1.37. The highest BCUT2D eigenvalue weighted by atomic mass is 32.1. The first-order valence-electron chi connectivity index (χ1n) is 8.36. The molecule has 0 fully saturated rings. The molecule has 5 N–H and O–H groups in total. The predicted molar refractivity (Wildman–Crippen MR) is 97.3 cm³/mol. The van der Waals surface area contributed by atoms with Crippen LogP contribution in [0.25, 0.3) is 0 Å². The van der Waals surface area contributed by atoms with E-state index in [0.29, 0.717) is 11.7 Å². The van der Waals surface area contributed by atoms with Crippen molar-refractivity contribution in [2.45, 2.75) is 44.9 Å². The SMILES string of the molecule is CCCCCCNC(=S)NCC1C(O)Nc2ccccc2C1O. The zero-order chi connectivity index (χ0) is 16.7. The summed E-state index contributed by atoms with van der Waals surface area (Å²) in [6, 6.07) is 7.49. The number of aliphatic hydroxyl groups is 2. The van der Waals surface area contributed by atoms with Crippen molar-refractivity contribution in [3.63, 3.8) is 0 Å². The van der Waals surface area contributed by atoms with E-state index in [-0.39, 0.29) is 5.92 Å². The second-order valence-electron chi connectivity index (χ2n) is 5.98. The Labute approximate surface area is 143 Å². The van der Waals surface area contributed by atoms with Gasteiger partial charge in [0.15, 0.2) is 5.11 Å². The third-order valence-corrected chi connectivity index (χ3v) is 4.50. The van der Waals surface area contributed by atoms with E-state index in [2.05, 4.69) is 22.9 Å². The van der Waals surface area contributed by atoms with Crippen molar-refractivity contribution in [3.05, 3.63) is 29.8 Å². The third kappa shape index (κ3) is 5.06. The lowest BCUT2D eigenvalue weighted by molar-refractivity contribution is 0.0205. The largest absolute Gasteiger partial charge is 0.388 e. The highest BCUT2D eigenvalue weighted by Gasteiger charge is 2.34. The molecule has 0 aliphatic carbocycles. The first kappa shape index (κ1) is 18.0. The molecule has 1 aliphatic heterocycles. The number of thiocarbonyl (C=S) groups is 1. The van der Waals surface area contributed by atoms with Crippen molar-refractivity contribution in [3.8, 4) is 0 Å². The minimum absolute atomic E-state index is 0.357. The Morgan fingerprint density at radius 2 is 1.96 bits per heavy atom. The quantitative estimate of drug-likeness (QED) is 0.388. The molecule has 3 unspecified atom stereocenters. The fourth-order valence-corrected chi connectivity index (χ4v) is 2.99. The Balaban J connectivity index is 1.78. The maximum atomic E-state index is 10.5.